The lowest BCUT2D eigenvalue weighted by Gasteiger charge is -2.18. The fourth-order valence-electron chi connectivity index (χ4n) is 1.80. The highest BCUT2D eigenvalue weighted by Gasteiger charge is 2.22. The zero-order valence-corrected chi connectivity index (χ0v) is 15.1. The van der Waals surface area contributed by atoms with Gasteiger partial charge >= 0.3 is 11.9 Å². The third kappa shape index (κ3) is 12.2. The average molecular weight is 377 g/mol. The maximum Gasteiger partial charge on any atom is 0.322 e. The Bertz CT molecular complexity index is 461. The van der Waals surface area contributed by atoms with Crippen LogP contribution in [0.1, 0.15) is 39.0 Å². The van der Waals surface area contributed by atoms with Crippen LogP contribution in [0.2, 0.25) is 0 Å². The Morgan fingerprint density at radius 3 is 2.40 bits per heavy atom. The van der Waals surface area contributed by atoms with E-state index in [1.54, 1.807) is 0 Å². The van der Waals surface area contributed by atoms with E-state index in [4.69, 9.17) is 15.9 Å². The molecule has 6 N–H and O–H groups in total. The van der Waals surface area contributed by atoms with Crippen LogP contribution in [-0.2, 0) is 19.2 Å². The fourth-order valence-corrected chi connectivity index (χ4v) is 2.85. The van der Waals surface area contributed by atoms with Gasteiger partial charge in [0.1, 0.15) is 18.6 Å². The predicted octanol–water partition coefficient (Wildman–Crippen LogP) is -0.212. The molecule has 1 unspecified atom stereocenters. The van der Waals surface area contributed by atoms with E-state index >= 15 is 0 Å². The number of thioether (sulfide) groups is 1. The molecule has 9 nitrogen and oxygen atoms in total. The quantitative estimate of drug-likeness (QED) is 0.260. The first-order valence-corrected chi connectivity index (χ1v) is 9.28. The number of unbranched alkanes of at least 4 members (excludes halogenated alkanes) is 2. The predicted molar refractivity (Wildman–Crippen MR) is 94.3 cm³/mol. The highest BCUT2D eigenvalue weighted by atomic mass is 32.2. The molecule has 25 heavy (non-hydrogen) atoms. The van der Waals surface area contributed by atoms with E-state index in [9.17, 15) is 19.2 Å². The number of nitrogens with two attached hydrogens (primary N) is 1. The lowest BCUT2D eigenvalue weighted by atomic mass is 10.1. The molecule has 0 rings (SSSR count). The van der Waals surface area contributed by atoms with E-state index in [0.29, 0.717) is 5.75 Å². The third-order valence-corrected chi connectivity index (χ3v) is 4.39. The molecular weight excluding hydrogens is 350 g/mol. The molecule has 0 fully saturated rings. The monoisotopic (exact) mass is 377 g/mol. The summed E-state index contributed by atoms with van der Waals surface area (Å²) in [5, 5.41) is 22.1. The molecule has 0 aliphatic carbocycles. The molecule has 0 bridgehead atoms. The van der Waals surface area contributed by atoms with Gasteiger partial charge in [0.15, 0.2) is 0 Å². The summed E-state index contributed by atoms with van der Waals surface area (Å²) in [7, 11) is 0. The van der Waals surface area contributed by atoms with Crippen molar-refractivity contribution < 1.29 is 29.4 Å². The summed E-state index contributed by atoms with van der Waals surface area (Å²) in [4.78, 5) is 45.1. The average Bonchev–Trinajstić information content (AvgIpc) is 2.55. The van der Waals surface area contributed by atoms with Gasteiger partial charge in [-0.1, -0.05) is 19.8 Å². The van der Waals surface area contributed by atoms with Crippen LogP contribution in [0, 0.1) is 0 Å². The lowest BCUT2D eigenvalue weighted by molar-refractivity contribution is -0.139. The molecule has 10 heteroatoms. The first-order valence-electron chi connectivity index (χ1n) is 8.12. The smallest absolute Gasteiger partial charge is 0.322 e. The van der Waals surface area contributed by atoms with Crippen LogP contribution in [-0.4, -0.2) is 64.1 Å². The first kappa shape index (κ1) is 23.2. The molecule has 0 saturated carbocycles. The summed E-state index contributed by atoms with van der Waals surface area (Å²) in [5.74, 6) is -2.32. The Labute approximate surface area is 151 Å². The molecule has 0 aromatic rings. The molecule has 0 aliphatic rings. The number of carboxylic acid groups (broad SMARTS) is 2. The minimum atomic E-state index is -1.20. The van der Waals surface area contributed by atoms with Crippen LogP contribution in [0.25, 0.3) is 0 Å². The van der Waals surface area contributed by atoms with Gasteiger partial charge in [-0.15, -0.1) is 0 Å². The Kier molecular flexibility index (Phi) is 12.5. The van der Waals surface area contributed by atoms with Gasteiger partial charge in [0.2, 0.25) is 11.8 Å². The van der Waals surface area contributed by atoms with Crippen molar-refractivity contribution in [2.24, 2.45) is 5.73 Å². The van der Waals surface area contributed by atoms with Crippen LogP contribution < -0.4 is 16.4 Å². The van der Waals surface area contributed by atoms with Crippen molar-refractivity contribution in [2.45, 2.75) is 51.1 Å². The Morgan fingerprint density at radius 1 is 1.16 bits per heavy atom. The lowest BCUT2D eigenvalue weighted by Crippen LogP contribution is -2.49. The largest absolute Gasteiger partial charge is 0.480 e. The molecule has 0 aromatic carbocycles. The van der Waals surface area contributed by atoms with Crippen molar-refractivity contribution in [3.8, 4) is 0 Å². The van der Waals surface area contributed by atoms with Crippen LogP contribution >= 0.6 is 11.8 Å². The van der Waals surface area contributed by atoms with E-state index in [2.05, 4.69) is 17.6 Å². The summed E-state index contributed by atoms with van der Waals surface area (Å²) >= 11 is 1.49. The number of hydrogen-bond donors (Lipinski definition) is 5. The zero-order chi connectivity index (χ0) is 19.2. The van der Waals surface area contributed by atoms with E-state index in [-0.39, 0.29) is 12.8 Å². The van der Waals surface area contributed by atoms with Crippen LogP contribution in [0.15, 0.2) is 0 Å². The summed E-state index contributed by atoms with van der Waals surface area (Å²) in [5.41, 5.74) is 5.33. The number of carboxylic acids is 2. The van der Waals surface area contributed by atoms with Crippen molar-refractivity contribution in [3.63, 3.8) is 0 Å². The van der Waals surface area contributed by atoms with E-state index in [1.165, 1.54) is 11.8 Å². The van der Waals surface area contributed by atoms with Crippen molar-refractivity contribution >= 4 is 35.5 Å². The van der Waals surface area contributed by atoms with Crippen LogP contribution in [0.5, 0.6) is 0 Å². The van der Waals surface area contributed by atoms with Gasteiger partial charge in [-0.2, -0.15) is 11.8 Å². The van der Waals surface area contributed by atoms with E-state index in [0.717, 1.165) is 25.0 Å². The minimum absolute atomic E-state index is 0.0473. The highest BCUT2D eigenvalue weighted by molar-refractivity contribution is 7.99. The molecule has 0 spiro atoms. The second-order valence-corrected chi connectivity index (χ2v) is 6.65. The SMILES string of the molecule is CCCCCSCC(NC(=O)CC[C@H](N)C(=O)O)C(=O)NCC(=O)O. The molecule has 0 aromatic heterocycles. The van der Waals surface area contributed by atoms with Crippen molar-refractivity contribution in [3.05, 3.63) is 0 Å². The Balaban J connectivity index is 4.48. The third-order valence-electron chi connectivity index (χ3n) is 3.24. The number of nitrogens with one attached hydrogen (secondary N) is 2. The summed E-state index contributed by atoms with van der Waals surface area (Å²) in [6, 6.07) is -2.02. The minimum Gasteiger partial charge on any atom is -0.480 e. The van der Waals surface area contributed by atoms with E-state index < -0.39 is 42.4 Å². The molecule has 0 saturated heterocycles. The fraction of sp³-hybridized carbons (Fsp3) is 0.733. The second-order valence-electron chi connectivity index (χ2n) is 5.50. The maximum atomic E-state index is 12.0. The Hall–Kier alpha value is -1.81. The maximum absolute atomic E-state index is 12.0. The standard InChI is InChI=1S/C15H27N3O6S/c1-2-3-4-7-25-9-11(14(22)17-8-13(20)21)18-12(19)6-5-10(16)15(23)24/h10-11H,2-9,16H2,1H3,(H,17,22)(H,18,19)(H,20,21)(H,23,24)/t10-,11?/m0/s1. The van der Waals surface area contributed by atoms with Gasteiger partial charge in [0, 0.05) is 12.2 Å². The van der Waals surface area contributed by atoms with Crippen LogP contribution in [0.3, 0.4) is 0 Å². The number of rotatable bonds is 14. The molecule has 2 atom stereocenters. The van der Waals surface area contributed by atoms with Crippen molar-refractivity contribution in [1.29, 1.82) is 0 Å². The second kappa shape index (κ2) is 13.5. The molecule has 2 amide bonds. The summed E-state index contributed by atoms with van der Waals surface area (Å²) in [6.07, 6.45) is 2.96. The van der Waals surface area contributed by atoms with E-state index in [1.807, 2.05) is 0 Å². The number of amides is 2. The number of carbonyl (C=O) groups excluding carboxylic acids is 2. The van der Waals surface area contributed by atoms with Gasteiger partial charge in [0.25, 0.3) is 0 Å². The molecular formula is C15H27N3O6S. The van der Waals surface area contributed by atoms with Crippen molar-refractivity contribution in [2.75, 3.05) is 18.1 Å². The van der Waals surface area contributed by atoms with Gasteiger partial charge < -0.3 is 26.6 Å². The first-order chi connectivity index (χ1) is 11.8. The zero-order valence-electron chi connectivity index (χ0n) is 14.3. The summed E-state index contributed by atoms with van der Waals surface area (Å²) in [6.45, 7) is 1.55. The number of hydrogen-bond acceptors (Lipinski definition) is 6. The van der Waals surface area contributed by atoms with Crippen molar-refractivity contribution in [1.82, 2.24) is 10.6 Å². The topological polar surface area (TPSA) is 159 Å². The molecule has 144 valence electrons. The number of aliphatic carboxylic acids is 2. The van der Waals surface area contributed by atoms with Gasteiger partial charge in [0.05, 0.1) is 0 Å². The van der Waals surface area contributed by atoms with Gasteiger partial charge in [-0.3, -0.25) is 19.2 Å². The summed E-state index contributed by atoms with van der Waals surface area (Å²) < 4.78 is 0. The normalized spacial score (nSPS) is 12.9. The van der Waals surface area contributed by atoms with Gasteiger partial charge in [-0.25, -0.2) is 0 Å². The number of carbonyl (C=O) groups is 4. The Morgan fingerprint density at radius 2 is 1.84 bits per heavy atom. The van der Waals surface area contributed by atoms with Gasteiger partial charge in [-0.05, 0) is 18.6 Å². The van der Waals surface area contributed by atoms with Crippen LogP contribution in [0.4, 0.5) is 0 Å². The highest BCUT2D eigenvalue weighted by Crippen LogP contribution is 2.09. The molecule has 0 radical (unpaired) electrons. The molecule has 0 heterocycles. The molecule has 0 aliphatic heterocycles.